The molecule has 2 heterocycles. The minimum Gasteiger partial charge on any atom is -0.444 e. The van der Waals surface area contributed by atoms with Crippen molar-refractivity contribution in [2.75, 3.05) is 32.8 Å². The van der Waals surface area contributed by atoms with Crippen LogP contribution < -0.4 is 5.32 Å². The molecule has 21 heavy (non-hydrogen) atoms. The minimum atomic E-state index is -0.421. The van der Waals surface area contributed by atoms with E-state index in [0.717, 1.165) is 45.7 Å². The Kier molecular flexibility index (Phi) is 5.49. The summed E-state index contributed by atoms with van der Waals surface area (Å²) in [4.78, 5) is 14.0. The number of rotatable bonds is 4. The molecule has 122 valence electrons. The van der Waals surface area contributed by atoms with Crippen LogP contribution in [0.25, 0.3) is 0 Å². The lowest BCUT2D eigenvalue weighted by molar-refractivity contribution is 0.0283. The van der Waals surface area contributed by atoms with Crippen molar-refractivity contribution < 1.29 is 14.3 Å². The third-order valence-electron chi connectivity index (χ3n) is 4.30. The number of carbonyl (C=O) groups is 1. The number of nitrogens with zero attached hydrogens (tertiary/aromatic N) is 1. The second-order valence-electron chi connectivity index (χ2n) is 7.18. The van der Waals surface area contributed by atoms with Crippen LogP contribution in [0.1, 0.15) is 40.5 Å². The van der Waals surface area contributed by atoms with Crippen molar-refractivity contribution in [2.45, 2.75) is 52.2 Å². The summed E-state index contributed by atoms with van der Waals surface area (Å²) < 4.78 is 11.0. The Labute approximate surface area is 128 Å². The Bertz CT molecular complexity index is 348. The van der Waals surface area contributed by atoms with Crippen molar-refractivity contribution in [2.24, 2.45) is 11.8 Å². The lowest BCUT2D eigenvalue weighted by atomic mass is 9.87. The maximum Gasteiger partial charge on any atom is 0.410 e. The number of hydrogen-bond donors (Lipinski definition) is 1. The molecule has 3 unspecified atom stereocenters. The summed E-state index contributed by atoms with van der Waals surface area (Å²) in [5.41, 5.74) is -0.421. The van der Waals surface area contributed by atoms with E-state index in [-0.39, 0.29) is 6.09 Å². The zero-order valence-corrected chi connectivity index (χ0v) is 13.9. The fourth-order valence-corrected chi connectivity index (χ4v) is 3.36. The van der Waals surface area contributed by atoms with Crippen LogP contribution in [0.3, 0.4) is 0 Å². The third-order valence-corrected chi connectivity index (χ3v) is 4.30. The van der Waals surface area contributed by atoms with Crippen LogP contribution in [-0.4, -0.2) is 55.5 Å². The molecule has 5 nitrogen and oxygen atoms in total. The standard InChI is InChI=1S/C16H30N2O3/c1-5-17-14(13-7-9-20-11-13)12-6-8-18(10-12)15(19)21-16(2,3)4/h12-14,17H,5-11H2,1-4H3. The molecule has 0 aromatic rings. The van der Waals surface area contributed by atoms with Crippen molar-refractivity contribution in [3.63, 3.8) is 0 Å². The topological polar surface area (TPSA) is 50.8 Å². The first-order chi connectivity index (χ1) is 9.90. The molecule has 2 aliphatic heterocycles. The number of hydrogen-bond acceptors (Lipinski definition) is 4. The molecule has 3 atom stereocenters. The maximum atomic E-state index is 12.2. The highest BCUT2D eigenvalue weighted by Crippen LogP contribution is 2.29. The highest BCUT2D eigenvalue weighted by atomic mass is 16.6. The predicted molar refractivity (Wildman–Crippen MR) is 82.3 cm³/mol. The molecule has 2 aliphatic rings. The van der Waals surface area contributed by atoms with Gasteiger partial charge < -0.3 is 19.7 Å². The summed E-state index contributed by atoms with van der Waals surface area (Å²) >= 11 is 0. The van der Waals surface area contributed by atoms with Gasteiger partial charge in [0.1, 0.15) is 5.60 Å². The van der Waals surface area contributed by atoms with Crippen molar-refractivity contribution in [3.8, 4) is 0 Å². The van der Waals surface area contributed by atoms with E-state index >= 15 is 0 Å². The Morgan fingerprint density at radius 1 is 1.38 bits per heavy atom. The van der Waals surface area contributed by atoms with Gasteiger partial charge in [-0.3, -0.25) is 0 Å². The lowest BCUT2D eigenvalue weighted by Gasteiger charge is -2.29. The van der Waals surface area contributed by atoms with Crippen LogP contribution >= 0.6 is 0 Å². The Hall–Kier alpha value is -0.810. The molecule has 2 saturated heterocycles. The molecule has 0 bridgehead atoms. The summed E-state index contributed by atoms with van der Waals surface area (Å²) in [5.74, 6) is 1.08. The lowest BCUT2D eigenvalue weighted by Crippen LogP contribution is -2.44. The van der Waals surface area contributed by atoms with Crippen molar-refractivity contribution >= 4 is 6.09 Å². The highest BCUT2D eigenvalue weighted by Gasteiger charge is 2.38. The first-order valence-corrected chi connectivity index (χ1v) is 8.19. The van der Waals surface area contributed by atoms with Gasteiger partial charge in [0.2, 0.25) is 0 Å². The van der Waals surface area contributed by atoms with Gasteiger partial charge in [-0.05, 0) is 46.1 Å². The molecule has 1 amide bonds. The number of amides is 1. The average Bonchev–Trinajstić information content (AvgIpc) is 3.05. The summed E-state index contributed by atoms with van der Waals surface area (Å²) in [6, 6.07) is 0.449. The van der Waals surface area contributed by atoms with Crippen LogP contribution in [0.15, 0.2) is 0 Å². The predicted octanol–water partition coefficient (Wildman–Crippen LogP) is 2.26. The fourth-order valence-electron chi connectivity index (χ4n) is 3.36. The molecular weight excluding hydrogens is 268 g/mol. The molecule has 0 spiro atoms. The summed E-state index contributed by atoms with van der Waals surface area (Å²) in [6.07, 6.45) is 2.00. The van der Waals surface area contributed by atoms with Gasteiger partial charge in [0.15, 0.2) is 0 Å². The molecule has 0 radical (unpaired) electrons. The van der Waals surface area contributed by atoms with Crippen LogP contribution in [0.2, 0.25) is 0 Å². The van der Waals surface area contributed by atoms with E-state index in [1.165, 1.54) is 0 Å². The van der Waals surface area contributed by atoms with Gasteiger partial charge in [0.05, 0.1) is 6.61 Å². The minimum absolute atomic E-state index is 0.178. The maximum absolute atomic E-state index is 12.2. The van der Waals surface area contributed by atoms with Crippen molar-refractivity contribution in [3.05, 3.63) is 0 Å². The second-order valence-corrected chi connectivity index (χ2v) is 7.18. The van der Waals surface area contributed by atoms with Crippen molar-refractivity contribution in [1.29, 1.82) is 0 Å². The SMILES string of the molecule is CCNC(C1CCOC1)C1CCN(C(=O)OC(C)(C)C)C1. The van der Waals surface area contributed by atoms with Crippen LogP contribution in [0.5, 0.6) is 0 Å². The van der Waals surface area contributed by atoms with Crippen molar-refractivity contribution in [1.82, 2.24) is 10.2 Å². The van der Waals surface area contributed by atoms with E-state index in [9.17, 15) is 4.79 Å². The molecule has 0 saturated carbocycles. The number of carbonyl (C=O) groups excluding carboxylic acids is 1. The van der Waals surface area contributed by atoms with Gasteiger partial charge in [-0.1, -0.05) is 6.92 Å². The van der Waals surface area contributed by atoms with Crippen LogP contribution in [0, 0.1) is 11.8 Å². The molecule has 1 N–H and O–H groups in total. The van der Waals surface area contributed by atoms with Gasteiger partial charge in [-0.25, -0.2) is 4.79 Å². The molecule has 0 aliphatic carbocycles. The van der Waals surface area contributed by atoms with E-state index in [1.807, 2.05) is 25.7 Å². The second kappa shape index (κ2) is 6.97. The largest absolute Gasteiger partial charge is 0.444 e. The molecule has 2 rings (SSSR count). The van der Waals surface area contributed by atoms with Gasteiger partial charge in [0, 0.05) is 31.7 Å². The quantitative estimate of drug-likeness (QED) is 0.865. The fraction of sp³-hybridized carbons (Fsp3) is 0.938. The smallest absolute Gasteiger partial charge is 0.410 e. The zero-order valence-electron chi connectivity index (χ0n) is 13.9. The number of likely N-dealkylation sites (tertiary alicyclic amines) is 1. The molecular formula is C16H30N2O3. The average molecular weight is 298 g/mol. The molecule has 2 fully saturated rings. The van der Waals surface area contributed by atoms with E-state index in [2.05, 4.69) is 12.2 Å². The van der Waals surface area contributed by atoms with Gasteiger partial charge >= 0.3 is 6.09 Å². The van der Waals surface area contributed by atoms with Gasteiger partial charge in [-0.15, -0.1) is 0 Å². The zero-order chi connectivity index (χ0) is 15.5. The summed E-state index contributed by atoms with van der Waals surface area (Å²) in [7, 11) is 0. The number of ether oxygens (including phenoxy) is 2. The summed E-state index contributed by atoms with van der Waals surface area (Å²) in [5, 5.41) is 3.62. The first-order valence-electron chi connectivity index (χ1n) is 8.19. The van der Waals surface area contributed by atoms with E-state index in [4.69, 9.17) is 9.47 Å². The summed E-state index contributed by atoms with van der Waals surface area (Å²) in [6.45, 7) is 12.2. The van der Waals surface area contributed by atoms with Gasteiger partial charge in [0.25, 0.3) is 0 Å². The molecule has 5 heteroatoms. The Balaban J connectivity index is 1.91. The van der Waals surface area contributed by atoms with E-state index in [1.54, 1.807) is 0 Å². The highest BCUT2D eigenvalue weighted by molar-refractivity contribution is 5.68. The monoisotopic (exact) mass is 298 g/mol. The Morgan fingerprint density at radius 2 is 2.14 bits per heavy atom. The van der Waals surface area contributed by atoms with E-state index < -0.39 is 5.60 Å². The van der Waals surface area contributed by atoms with Gasteiger partial charge in [-0.2, -0.15) is 0 Å². The third kappa shape index (κ3) is 4.58. The van der Waals surface area contributed by atoms with E-state index in [0.29, 0.717) is 17.9 Å². The molecule has 0 aromatic carbocycles. The number of nitrogens with one attached hydrogen (secondary N) is 1. The van der Waals surface area contributed by atoms with Crippen LogP contribution in [-0.2, 0) is 9.47 Å². The van der Waals surface area contributed by atoms with Crippen LogP contribution in [0.4, 0.5) is 4.79 Å². The Morgan fingerprint density at radius 3 is 2.71 bits per heavy atom. The molecule has 0 aromatic heterocycles. The first kappa shape index (κ1) is 16.6. The normalized spacial score (nSPS) is 27.9.